The number of hydrogen-bond acceptors (Lipinski definition) is 5. The SMILES string of the molecule is CNc1cncc(C2CCN(C(=O)COC)CC2)n1. The molecule has 0 atom stereocenters. The number of likely N-dealkylation sites (tertiary alicyclic amines) is 1. The largest absolute Gasteiger partial charge is 0.375 e. The minimum atomic E-state index is 0.0657. The first-order chi connectivity index (χ1) is 9.24. The van der Waals surface area contributed by atoms with E-state index in [1.807, 2.05) is 18.1 Å². The molecular formula is C13H20N4O2. The number of ether oxygens (including phenoxy) is 1. The second-order valence-electron chi connectivity index (χ2n) is 4.67. The van der Waals surface area contributed by atoms with Gasteiger partial charge in [-0.15, -0.1) is 0 Å². The number of rotatable bonds is 4. The van der Waals surface area contributed by atoms with Gasteiger partial charge in [0.15, 0.2) is 0 Å². The zero-order chi connectivity index (χ0) is 13.7. The normalized spacial score (nSPS) is 16.4. The van der Waals surface area contributed by atoms with Gasteiger partial charge in [0.05, 0.1) is 11.9 Å². The molecule has 0 spiro atoms. The van der Waals surface area contributed by atoms with Gasteiger partial charge in [-0.2, -0.15) is 0 Å². The summed E-state index contributed by atoms with van der Waals surface area (Å²) in [4.78, 5) is 22.3. The van der Waals surface area contributed by atoms with E-state index in [1.165, 1.54) is 0 Å². The number of anilines is 1. The fourth-order valence-corrected chi connectivity index (χ4v) is 2.34. The van der Waals surface area contributed by atoms with E-state index >= 15 is 0 Å². The van der Waals surface area contributed by atoms with E-state index in [0.717, 1.165) is 37.4 Å². The molecule has 6 heteroatoms. The summed E-state index contributed by atoms with van der Waals surface area (Å²) in [5, 5.41) is 3.00. The van der Waals surface area contributed by atoms with Gasteiger partial charge in [0.1, 0.15) is 12.4 Å². The Bertz CT molecular complexity index is 430. The molecule has 0 saturated carbocycles. The van der Waals surface area contributed by atoms with Crippen molar-refractivity contribution >= 4 is 11.7 Å². The Morgan fingerprint density at radius 3 is 2.84 bits per heavy atom. The average molecular weight is 264 g/mol. The number of aromatic nitrogens is 2. The first kappa shape index (κ1) is 13.7. The molecule has 2 heterocycles. The van der Waals surface area contributed by atoms with Crippen LogP contribution in [0.2, 0.25) is 0 Å². The van der Waals surface area contributed by atoms with Gasteiger partial charge in [-0.3, -0.25) is 9.78 Å². The monoisotopic (exact) mass is 264 g/mol. The summed E-state index contributed by atoms with van der Waals surface area (Å²) in [5.74, 6) is 1.23. The van der Waals surface area contributed by atoms with E-state index < -0.39 is 0 Å². The number of piperidine rings is 1. The Morgan fingerprint density at radius 1 is 1.47 bits per heavy atom. The molecule has 1 fully saturated rings. The fourth-order valence-electron chi connectivity index (χ4n) is 2.34. The fraction of sp³-hybridized carbons (Fsp3) is 0.615. The van der Waals surface area contributed by atoms with E-state index in [1.54, 1.807) is 13.3 Å². The van der Waals surface area contributed by atoms with E-state index in [-0.39, 0.29) is 12.5 Å². The van der Waals surface area contributed by atoms with Crippen molar-refractivity contribution < 1.29 is 9.53 Å². The third kappa shape index (κ3) is 3.41. The Kier molecular flexibility index (Phi) is 4.68. The molecule has 1 saturated heterocycles. The molecule has 0 aliphatic carbocycles. The highest BCUT2D eigenvalue weighted by atomic mass is 16.5. The quantitative estimate of drug-likeness (QED) is 0.874. The molecule has 19 heavy (non-hydrogen) atoms. The van der Waals surface area contributed by atoms with Crippen LogP contribution in [0, 0.1) is 0 Å². The highest BCUT2D eigenvalue weighted by Crippen LogP contribution is 2.26. The highest BCUT2D eigenvalue weighted by Gasteiger charge is 2.24. The number of amides is 1. The van der Waals surface area contributed by atoms with Gasteiger partial charge in [-0.25, -0.2) is 4.98 Å². The summed E-state index contributed by atoms with van der Waals surface area (Å²) < 4.78 is 4.88. The predicted molar refractivity (Wildman–Crippen MR) is 72.0 cm³/mol. The van der Waals surface area contributed by atoms with Gasteiger partial charge in [0.25, 0.3) is 0 Å². The van der Waals surface area contributed by atoms with Crippen LogP contribution in [0.1, 0.15) is 24.5 Å². The predicted octanol–water partition coefficient (Wildman–Crippen LogP) is 0.871. The number of methoxy groups -OCH3 is 1. The molecule has 1 aromatic rings. The van der Waals surface area contributed by atoms with Crippen molar-refractivity contribution in [1.29, 1.82) is 0 Å². The van der Waals surface area contributed by atoms with Crippen molar-refractivity contribution in [2.24, 2.45) is 0 Å². The number of nitrogens with one attached hydrogen (secondary N) is 1. The summed E-state index contributed by atoms with van der Waals surface area (Å²) in [6.07, 6.45) is 5.38. The molecule has 0 radical (unpaired) electrons. The highest BCUT2D eigenvalue weighted by molar-refractivity contribution is 5.77. The summed E-state index contributed by atoms with van der Waals surface area (Å²) in [5.41, 5.74) is 1.01. The number of hydrogen-bond donors (Lipinski definition) is 1. The van der Waals surface area contributed by atoms with E-state index in [2.05, 4.69) is 15.3 Å². The lowest BCUT2D eigenvalue weighted by molar-refractivity contribution is -0.136. The van der Waals surface area contributed by atoms with Crippen molar-refractivity contribution in [2.75, 3.05) is 39.2 Å². The molecular weight excluding hydrogens is 244 g/mol. The van der Waals surface area contributed by atoms with Crippen LogP contribution in [0.4, 0.5) is 5.82 Å². The number of nitrogens with zero attached hydrogens (tertiary/aromatic N) is 3. The Labute approximate surface area is 113 Å². The van der Waals surface area contributed by atoms with Crippen LogP contribution in [0.15, 0.2) is 12.4 Å². The third-order valence-corrected chi connectivity index (χ3v) is 3.44. The maximum Gasteiger partial charge on any atom is 0.248 e. The molecule has 1 aliphatic rings. The summed E-state index contributed by atoms with van der Waals surface area (Å²) >= 11 is 0. The Morgan fingerprint density at radius 2 is 2.21 bits per heavy atom. The Balaban J connectivity index is 1.94. The summed E-state index contributed by atoms with van der Waals surface area (Å²) in [6, 6.07) is 0. The minimum absolute atomic E-state index is 0.0657. The van der Waals surface area contributed by atoms with Gasteiger partial charge in [-0.1, -0.05) is 0 Å². The molecule has 2 rings (SSSR count). The molecule has 1 N–H and O–H groups in total. The lowest BCUT2D eigenvalue weighted by Gasteiger charge is -2.31. The minimum Gasteiger partial charge on any atom is -0.375 e. The lowest BCUT2D eigenvalue weighted by atomic mass is 9.94. The molecule has 0 aromatic carbocycles. The van der Waals surface area contributed by atoms with Crippen molar-refractivity contribution in [3.63, 3.8) is 0 Å². The van der Waals surface area contributed by atoms with Gasteiger partial charge >= 0.3 is 0 Å². The van der Waals surface area contributed by atoms with Gasteiger partial charge in [0, 0.05) is 39.4 Å². The van der Waals surface area contributed by atoms with Crippen LogP contribution in [0.3, 0.4) is 0 Å². The van der Waals surface area contributed by atoms with Crippen LogP contribution in [-0.4, -0.2) is 54.6 Å². The molecule has 1 amide bonds. The van der Waals surface area contributed by atoms with Crippen molar-refractivity contribution in [1.82, 2.24) is 14.9 Å². The van der Waals surface area contributed by atoms with Crippen LogP contribution in [0.25, 0.3) is 0 Å². The molecule has 1 aliphatic heterocycles. The summed E-state index contributed by atoms with van der Waals surface area (Å²) in [6.45, 7) is 1.69. The number of carbonyl (C=O) groups excluding carboxylic acids is 1. The van der Waals surface area contributed by atoms with E-state index in [0.29, 0.717) is 5.92 Å². The molecule has 1 aromatic heterocycles. The maximum atomic E-state index is 11.7. The van der Waals surface area contributed by atoms with Crippen LogP contribution in [-0.2, 0) is 9.53 Å². The molecule has 6 nitrogen and oxygen atoms in total. The van der Waals surface area contributed by atoms with Crippen molar-refractivity contribution in [2.45, 2.75) is 18.8 Å². The second kappa shape index (κ2) is 6.47. The van der Waals surface area contributed by atoms with Crippen LogP contribution in [0.5, 0.6) is 0 Å². The smallest absolute Gasteiger partial charge is 0.248 e. The Hall–Kier alpha value is -1.69. The molecule has 0 unspecified atom stereocenters. The van der Waals surface area contributed by atoms with E-state index in [9.17, 15) is 4.79 Å². The molecule has 0 bridgehead atoms. The zero-order valence-electron chi connectivity index (χ0n) is 11.4. The maximum absolute atomic E-state index is 11.7. The summed E-state index contributed by atoms with van der Waals surface area (Å²) in [7, 11) is 3.38. The third-order valence-electron chi connectivity index (χ3n) is 3.44. The first-order valence-electron chi connectivity index (χ1n) is 6.51. The standard InChI is InChI=1S/C13H20N4O2/c1-14-12-8-15-7-11(16-12)10-3-5-17(6-4-10)13(18)9-19-2/h7-8,10H,3-6,9H2,1-2H3,(H,14,16). The molecule has 104 valence electrons. The topological polar surface area (TPSA) is 67.4 Å². The van der Waals surface area contributed by atoms with Crippen molar-refractivity contribution in [3.8, 4) is 0 Å². The van der Waals surface area contributed by atoms with Gasteiger partial charge in [0.2, 0.25) is 5.91 Å². The van der Waals surface area contributed by atoms with Crippen molar-refractivity contribution in [3.05, 3.63) is 18.1 Å². The number of carbonyl (C=O) groups is 1. The van der Waals surface area contributed by atoms with Gasteiger partial charge < -0.3 is 15.0 Å². The van der Waals surface area contributed by atoms with Crippen LogP contribution < -0.4 is 5.32 Å². The average Bonchev–Trinajstić information content (AvgIpc) is 2.48. The van der Waals surface area contributed by atoms with Gasteiger partial charge in [-0.05, 0) is 12.8 Å². The first-order valence-corrected chi connectivity index (χ1v) is 6.51. The zero-order valence-corrected chi connectivity index (χ0v) is 11.4. The second-order valence-corrected chi connectivity index (χ2v) is 4.67. The lowest BCUT2D eigenvalue weighted by Crippen LogP contribution is -2.39. The van der Waals surface area contributed by atoms with E-state index in [4.69, 9.17) is 4.74 Å². The van der Waals surface area contributed by atoms with Crippen LogP contribution >= 0.6 is 0 Å².